The first kappa shape index (κ1) is 18.7. The lowest BCUT2D eigenvalue weighted by Gasteiger charge is -2.43. The molecule has 1 atom stereocenters. The largest absolute Gasteiger partial charge is 0.342 e. The summed E-state index contributed by atoms with van der Waals surface area (Å²) >= 11 is 0. The summed E-state index contributed by atoms with van der Waals surface area (Å²) in [5.41, 5.74) is 1.28. The molecule has 1 amide bonds. The van der Waals surface area contributed by atoms with Crippen LogP contribution in [0, 0.1) is 25.2 Å². The van der Waals surface area contributed by atoms with Crippen LogP contribution in [0.5, 0.6) is 0 Å². The number of nitrogens with zero attached hydrogens (tertiary/aromatic N) is 3. The lowest BCUT2D eigenvalue weighted by Crippen LogP contribution is -2.47. The van der Waals surface area contributed by atoms with Crippen molar-refractivity contribution in [1.29, 1.82) is 0 Å². The molecule has 0 aromatic carbocycles. The maximum atomic E-state index is 12.9. The minimum absolute atomic E-state index is 0.0715. The Bertz CT molecular complexity index is 770. The van der Waals surface area contributed by atoms with E-state index >= 15 is 0 Å². The van der Waals surface area contributed by atoms with E-state index in [1.807, 2.05) is 11.8 Å². The Morgan fingerprint density at radius 3 is 2.70 bits per heavy atom. The third-order valence-electron chi connectivity index (χ3n) is 6.94. The van der Waals surface area contributed by atoms with Crippen LogP contribution in [-0.2, 0) is 11.2 Å². The zero-order valence-electron chi connectivity index (χ0n) is 16.7. The first-order valence-electron chi connectivity index (χ1n) is 10.5. The van der Waals surface area contributed by atoms with Crippen molar-refractivity contribution in [3.8, 4) is 0 Å². The Balaban J connectivity index is 1.38. The van der Waals surface area contributed by atoms with Crippen molar-refractivity contribution in [2.45, 2.75) is 58.8 Å². The highest BCUT2D eigenvalue weighted by Crippen LogP contribution is 2.40. The van der Waals surface area contributed by atoms with Crippen molar-refractivity contribution in [1.82, 2.24) is 19.8 Å². The molecule has 148 valence electrons. The molecule has 0 bridgehead atoms. The van der Waals surface area contributed by atoms with Crippen LogP contribution >= 0.6 is 0 Å². The Labute approximate surface area is 161 Å². The zero-order chi connectivity index (χ0) is 19.0. The summed E-state index contributed by atoms with van der Waals surface area (Å²) < 4.78 is 0. The molecule has 1 N–H and O–H groups in total. The van der Waals surface area contributed by atoms with E-state index in [-0.39, 0.29) is 23.3 Å². The number of carbonyl (C=O) groups is 1. The zero-order valence-corrected chi connectivity index (χ0v) is 16.7. The van der Waals surface area contributed by atoms with Crippen LogP contribution in [0.2, 0.25) is 0 Å². The molecule has 6 nitrogen and oxygen atoms in total. The number of aromatic nitrogens is 2. The molecule has 1 aromatic rings. The second-order valence-corrected chi connectivity index (χ2v) is 9.09. The van der Waals surface area contributed by atoms with E-state index in [2.05, 4.69) is 14.9 Å². The van der Waals surface area contributed by atoms with Gasteiger partial charge in [0.15, 0.2) is 0 Å². The molecule has 1 saturated carbocycles. The highest BCUT2D eigenvalue weighted by molar-refractivity contribution is 5.79. The first-order valence-corrected chi connectivity index (χ1v) is 10.5. The number of nitrogens with one attached hydrogen (secondary N) is 1. The van der Waals surface area contributed by atoms with Gasteiger partial charge in [0.2, 0.25) is 5.91 Å². The van der Waals surface area contributed by atoms with E-state index < -0.39 is 0 Å². The van der Waals surface area contributed by atoms with E-state index in [9.17, 15) is 9.59 Å². The van der Waals surface area contributed by atoms with E-state index in [0.29, 0.717) is 17.1 Å². The van der Waals surface area contributed by atoms with Gasteiger partial charge in [-0.15, -0.1) is 0 Å². The minimum Gasteiger partial charge on any atom is -0.342 e. The Morgan fingerprint density at radius 2 is 2.00 bits per heavy atom. The molecule has 3 heterocycles. The van der Waals surface area contributed by atoms with Crippen LogP contribution < -0.4 is 5.56 Å². The molecular formula is C21H32N4O2. The summed E-state index contributed by atoms with van der Waals surface area (Å²) in [6.45, 7) is 8.86. The van der Waals surface area contributed by atoms with E-state index in [4.69, 9.17) is 0 Å². The summed E-state index contributed by atoms with van der Waals surface area (Å²) in [5.74, 6) is 1.58. The van der Waals surface area contributed by atoms with Crippen molar-refractivity contribution in [2.24, 2.45) is 11.3 Å². The number of hydrogen-bond donors (Lipinski definition) is 1. The molecule has 1 aromatic heterocycles. The SMILES string of the molecule is Cc1nc(C)c(CC(=O)N2CC[C@]3(CCCN(CC4CCC4)C3)C2)c(=O)[nH]1. The predicted octanol–water partition coefficient (Wildman–Crippen LogP) is 2.04. The first-order chi connectivity index (χ1) is 12.9. The summed E-state index contributed by atoms with van der Waals surface area (Å²) in [7, 11) is 0. The van der Waals surface area contributed by atoms with E-state index in [1.54, 1.807) is 6.92 Å². The third kappa shape index (κ3) is 3.96. The lowest BCUT2D eigenvalue weighted by atomic mass is 9.78. The highest BCUT2D eigenvalue weighted by atomic mass is 16.2. The van der Waals surface area contributed by atoms with Gasteiger partial charge in [0, 0.05) is 42.9 Å². The summed E-state index contributed by atoms with van der Waals surface area (Å²) in [4.78, 5) is 36.8. The van der Waals surface area contributed by atoms with Gasteiger partial charge in [0.1, 0.15) is 5.82 Å². The molecule has 3 aliphatic rings. The number of rotatable bonds is 4. The number of piperidine rings is 1. The van der Waals surface area contributed by atoms with Crippen LogP contribution in [0.15, 0.2) is 4.79 Å². The highest BCUT2D eigenvalue weighted by Gasteiger charge is 2.43. The second-order valence-electron chi connectivity index (χ2n) is 9.09. The van der Waals surface area contributed by atoms with Gasteiger partial charge >= 0.3 is 0 Å². The number of likely N-dealkylation sites (tertiary alicyclic amines) is 2. The van der Waals surface area contributed by atoms with Gasteiger partial charge in [-0.25, -0.2) is 4.98 Å². The smallest absolute Gasteiger partial charge is 0.254 e. The van der Waals surface area contributed by atoms with Crippen LogP contribution in [0.3, 0.4) is 0 Å². The standard InChI is InChI=1S/C21H32N4O2/c1-15-18(20(27)23-16(2)22-15)11-19(26)25-10-8-21(14-25)7-4-9-24(13-21)12-17-5-3-6-17/h17H,3-14H2,1-2H3,(H,22,23,27)/t21-/m0/s1. The van der Waals surface area contributed by atoms with Crippen LogP contribution in [0.25, 0.3) is 0 Å². The van der Waals surface area contributed by atoms with Gasteiger partial charge in [-0.2, -0.15) is 0 Å². The summed E-state index contributed by atoms with van der Waals surface area (Å²) in [6, 6.07) is 0. The van der Waals surface area contributed by atoms with Crippen molar-refractivity contribution in [3.05, 3.63) is 27.4 Å². The molecule has 1 spiro atoms. The van der Waals surface area contributed by atoms with Gasteiger partial charge in [0.25, 0.3) is 5.56 Å². The molecule has 6 heteroatoms. The monoisotopic (exact) mass is 372 g/mol. The van der Waals surface area contributed by atoms with Gasteiger partial charge in [0.05, 0.1) is 6.42 Å². The Hall–Kier alpha value is -1.69. The molecular weight excluding hydrogens is 340 g/mol. The van der Waals surface area contributed by atoms with Crippen molar-refractivity contribution in [3.63, 3.8) is 0 Å². The van der Waals surface area contributed by atoms with E-state index in [1.165, 1.54) is 45.2 Å². The summed E-state index contributed by atoms with van der Waals surface area (Å²) in [5, 5.41) is 0. The molecule has 4 rings (SSSR count). The molecule has 0 unspecified atom stereocenters. The fraction of sp³-hybridized carbons (Fsp3) is 0.762. The number of H-pyrrole nitrogens is 1. The molecule has 27 heavy (non-hydrogen) atoms. The van der Waals surface area contributed by atoms with Crippen LogP contribution in [0.1, 0.15) is 55.6 Å². The number of aromatic amines is 1. The molecule has 0 radical (unpaired) electrons. The minimum atomic E-state index is -0.174. The molecule has 3 fully saturated rings. The third-order valence-corrected chi connectivity index (χ3v) is 6.94. The van der Waals surface area contributed by atoms with Crippen LogP contribution in [-0.4, -0.2) is 58.4 Å². The quantitative estimate of drug-likeness (QED) is 0.878. The predicted molar refractivity (Wildman–Crippen MR) is 105 cm³/mol. The molecule has 2 aliphatic heterocycles. The van der Waals surface area contributed by atoms with E-state index in [0.717, 1.165) is 32.0 Å². The van der Waals surface area contributed by atoms with Crippen molar-refractivity contribution < 1.29 is 4.79 Å². The normalized spacial score (nSPS) is 26.5. The average Bonchev–Trinajstić information content (AvgIpc) is 2.98. The fourth-order valence-electron chi connectivity index (χ4n) is 5.21. The van der Waals surface area contributed by atoms with Crippen molar-refractivity contribution >= 4 is 5.91 Å². The van der Waals surface area contributed by atoms with Crippen LogP contribution in [0.4, 0.5) is 0 Å². The van der Waals surface area contributed by atoms with Gasteiger partial charge in [-0.3, -0.25) is 9.59 Å². The molecule has 1 aliphatic carbocycles. The van der Waals surface area contributed by atoms with Gasteiger partial charge in [-0.05, 0) is 58.4 Å². The maximum absolute atomic E-state index is 12.9. The average molecular weight is 373 g/mol. The fourth-order valence-corrected chi connectivity index (χ4v) is 5.21. The second kappa shape index (κ2) is 7.38. The number of carbonyl (C=O) groups excluding carboxylic acids is 1. The van der Waals surface area contributed by atoms with Gasteiger partial charge < -0.3 is 14.8 Å². The number of amides is 1. The number of hydrogen-bond acceptors (Lipinski definition) is 4. The Kier molecular flexibility index (Phi) is 5.10. The number of aryl methyl sites for hydroxylation is 2. The maximum Gasteiger partial charge on any atom is 0.254 e. The molecule has 2 saturated heterocycles. The van der Waals surface area contributed by atoms with Crippen molar-refractivity contribution in [2.75, 3.05) is 32.7 Å². The summed E-state index contributed by atoms with van der Waals surface area (Å²) in [6.07, 6.45) is 7.92. The topological polar surface area (TPSA) is 69.3 Å². The Morgan fingerprint density at radius 1 is 1.19 bits per heavy atom. The lowest BCUT2D eigenvalue weighted by molar-refractivity contribution is -0.130. The van der Waals surface area contributed by atoms with Gasteiger partial charge in [-0.1, -0.05) is 6.42 Å².